The van der Waals surface area contributed by atoms with Gasteiger partial charge in [-0.2, -0.15) is 9.36 Å². The van der Waals surface area contributed by atoms with Crippen molar-refractivity contribution in [1.82, 2.24) is 14.8 Å². The van der Waals surface area contributed by atoms with E-state index in [4.69, 9.17) is 34.8 Å². The van der Waals surface area contributed by atoms with Crippen LogP contribution in [0.15, 0.2) is 30.3 Å². The first-order valence-corrected chi connectivity index (χ1v) is 7.45. The Morgan fingerprint density at radius 2 is 2.00 bits per heavy atom. The highest BCUT2D eigenvalue weighted by atomic mass is 35.6. The molecule has 1 saturated heterocycles. The Bertz CT molecular complexity index is 569. The Morgan fingerprint density at radius 3 is 2.63 bits per heavy atom. The molecule has 8 heteroatoms. The monoisotopic (exact) mass is 334 g/mol. The first-order chi connectivity index (χ1) is 9.04. The maximum absolute atomic E-state index is 5.74. The first-order valence-electron chi connectivity index (χ1n) is 5.54. The minimum atomic E-state index is -1.57. The lowest BCUT2D eigenvalue weighted by Crippen LogP contribution is -2.05. The van der Waals surface area contributed by atoms with Gasteiger partial charge in [0.15, 0.2) is 5.82 Å². The molecule has 1 aromatic heterocycles. The SMILES string of the molecule is ClC(Cl)(Cl)c1nsc(N2NC2Cc2ccccc2)n1. The summed E-state index contributed by atoms with van der Waals surface area (Å²) in [6.45, 7) is 0. The fourth-order valence-electron chi connectivity index (χ4n) is 1.72. The van der Waals surface area contributed by atoms with E-state index in [0.29, 0.717) is 5.13 Å². The number of hydrogen-bond donors (Lipinski definition) is 1. The lowest BCUT2D eigenvalue weighted by atomic mass is 10.1. The lowest BCUT2D eigenvalue weighted by Gasteiger charge is -2.03. The number of hydrazine groups is 1. The molecule has 1 aliphatic heterocycles. The van der Waals surface area contributed by atoms with Crippen LogP contribution in [-0.4, -0.2) is 15.5 Å². The van der Waals surface area contributed by atoms with Crippen molar-refractivity contribution in [1.29, 1.82) is 0 Å². The molecule has 4 nitrogen and oxygen atoms in total. The zero-order chi connectivity index (χ0) is 13.5. The molecule has 0 saturated carbocycles. The molecular formula is C11H9Cl3N4S. The molecule has 100 valence electrons. The molecule has 1 N–H and O–H groups in total. The highest BCUT2D eigenvalue weighted by Crippen LogP contribution is 2.38. The molecule has 0 bridgehead atoms. The van der Waals surface area contributed by atoms with E-state index >= 15 is 0 Å². The summed E-state index contributed by atoms with van der Waals surface area (Å²) in [7, 11) is 0. The summed E-state index contributed by atoms with van der Waals surface area (Å²) < 4.78 is 2.47. The molecule has 2 aromatic rings. The van der Waals surface area contributed by atoms with Gasteiger partial charge < -0.3 is 0 Å². The number of alkyl halides is 3. The summed E-state index contributed by atoms with van der Waals surface area (Å²) >= 11 is 18.4. The van der Waals surface area contributed by atoms with E-state index < -0.39 is 3.79 Å². The molecule has 1 fully saturated rings. The quantitative estimate of drug-likeness (QED) is 0.691. The molecule has 2 heterocycles. The number of benzene rings is 1. The Labute approximate surface area is 129 Å². The van der Waals surface area contributed by atoms with Gasteiger partial charge in [0.1, 0.15) is 6.17 Å². The minimum Gasteiger partial charge on any atom is -0.261 e. The van der Waals surface area contributed by atoms with Crippen LogP contribution in [0.4, 0.5) is 5.13 Å². The van der Waals surface area contributed by atoms with E-state index in [1.54, 1.807) is 0 Å². The Morgan fingerprint density at radius 1 is 1.26 bits per heavy atom. The van der Waals surface area contributed by atoms with E-state index in [2.05, 4.69) is 26.9 Å². The van der Waals surface area contributed by atoms with E-state index in [0.717, 1.165) is 6.42 Å². The number of nitrogens with one attached hydrogen (secondary N) is 1. The topological polar surface area (TPSA) is 50.7 Å². The fraction of sp³-hybridized carbons (Fsp3) is 0.273. The van der Waals surface area contributed by atoms with Crippen molar-refractivity contribution in [3.05, 3.63) is 41.7 Å². The van der Waals surface area contributed by atoms with Gasteiger partial charge in [-0.15, -0.1) is 0 Å². The van der Waals surface area contributed by atoms with E-state index in [9.17, 15) is 0 Å². The van der Waals surface area contributed by atoms with Crippen LogP contribution >= 0.6 is 46.3 Å². The standard InChI is InChI=1S/C11H9Cl3N4S/c12-11(13,14)9-15-10(19-17-9)18-8(16-18)6-7-4-2-1-3-5-7/h1-5,8,16H,6H2. The second-order valence-corrected chi connectivity index (χ2v) is 7.11. The summed E-state index contributed by atoms with van der Waals surface area (Å²) in [5.41, 5.74) is 4.47. The van der Waals surface area contributed by atoms with Crippen molar-refractivity contribution in [2.24, 2.45) is 0 Å². The van der Waals surface area contributed by atoms with Gasteiger partial charge in [-0.25, -0.2) is 5.43 Å². The number of aromatic nitrogens is 2. The van der Waals surface area contributed by atoms with Crippen molar-refractivity contribution in [3.8, 4) is 0 Å². The summed E-state index contributed by atoms with van der Waals surface area (Å²) in [4.78, 5) is 4.21. The normalized spacial score (nSPS) is 18.7. The number of hydrogen-bond acceptors (Lipinski definition) is 5. The molecule has 0 spiro atoms. The molecule has 1 unspecified atom stereocenters. The predicted molar refractivity (Wildman–Crippen MR) is 78.7 cm³/mol. The highest BCUT2D eigenvalue weighted by molar-refractivity contribution is 7.09. The van der Waals surface area contributed by atoms with Crippen LogP contribution in [0.25, 0.3) is 0 Å². The third kappa shape index (κ3) is 3.12. The van der Waals surface area contributed by atoms with Gasteiger partial charge in [0.2, 0.25) is 5.13 Å². The first kappa shape index (κ1) is 13.4. The average molecular weight is 336 g/mol. The molecule has 3 rings (SSSR count). The third-order valence-corrected chi connectivity index (χ3v) is 3.90. The van der Waals surface area contributed by atoms with Crippen LogP contribution in [0.5, 0.6) is 0 Å². The van der Waals surface area contributed by atoms with Crippen molar-refractivity contribution in [2.75, 3.05) is 5.01 Å². The number of halogens is 3. The van der Waals surface area contributed by atoms with Gasteiger partial charge in [-0.1, -0.05) is 65.1 Å². The molecule has 1 aliphatic rings. The Balaban J connectivity index is 1.65. The van der Waals surface area contributed by atoms with Crippen molar-refractivity contribution < 1.29 is 0 Å². The molecule has 0 amide bonds. The summed E-state index contributed by atoms with van der Waals surface area (Å²) in [6.07, 6.45) is 1.11. The fourth-order valence-corrected chi connectivity index (χ4v) is 2.86. The number of anilines is 1. The molecule has 0 radical (unpaired) electrons. The third-order valence-electron chi connectivity index (χ3n) is 2.68. The zero-order valence-electron chi connectivity index (χ0n) is 9.55. The Kier molecular flexibility index (Phi) is 3.57. The molecule has 0 aliphatic carbocycles. The number of rotatable bonds is 3. The maximum Gasteiger partial charge on any atom is 0.251 e. The van der Waals surface area contributed by atoms with Crippen molar-refractivity contribution in [2.45, 2.75) is 16.4 Å². The second kappa shape index (κ2) is 5.07. The van der Waals surface area contributed by atoms with Gasteiger partial charge in [-0.05, 0) is 5.56 Å². The van der Waals surface area contributed by atoms with Crippen LogP contribution in [0.1, 0.15) is 11.4 Å². The summed E-state index contributed by atoms with van der Waals surface area (Å²) in [5, 5.41) is 2.63. The minimum absolute atomic E-state index is 0.213. The van der Waals surface area contributed by atoms with Gasteiger partial charge in [-0.3, -0.25) is 5.01 Å². The van der Waals surface area contributed by atoms with Gasteiger partial charge >= 0.3 is 0 Å². The van der Waals surface area contributed by atoms with Crippen LogP contribution < -0.4 is 10.4 Å². The Hall–Kier alpha value is -0.590. The predicted octanol–water partition coefficient (Wildman–Crippen LogP) is 3.26. The van der Waals surface area contributed by atoms with Crippen molar-refractivity contribution in [3.63, 3.8) is 0 Å². The summed E-state index contributed by atoms with van der Waals surface area (Å²) in [6, 6.07) is 10.2. The molecule has 1 atom stereocenters. The van der Waals surface area contributed by atoms with Gasteiger partial charge in [0, 0.05) is 18.0 Å². The van der Waals surface area contributed by atoms with Gasteiger partial charge in [0.25, 0.3) is 3.79 Å². The van der Waals surface area contributed by atoms with Gasteiger partial charge in [0.05, 0.1) is 0 Å². The average Bonchev–Trinajstić information content (AvgIpc) is 2.93. The zero-order valence-corrected chi connectivity index (χ0v) is 12.6. The smallest absolute Gasteiger partial charge is 0.251 e. The van der Waals surface area contributed by atoms with E-state index in [1.807, 2.05) is 23.2 Å². The molecular weight excluding hydrogens is 327 g/mol. The van der Waals surface area contributed by atoms with Crippen LogP contribution in [0, 0.1) is 0 Å². The maximum atomic E-state index is 5.74. The highest BCUT2D eigenvalue weighted by Gasteiger charge is 2.38. The van der Waals surface area contributed by atoms with Crippen LogP contribution in [0.2, 0.25) is 0 Å². The number of nitrogens with zero attached hydrogens (tertiary/aromatic N) is 3. The van der Waals surface area contributed by atoms with E-state index in [1.165, 1.54) is 17.1 Å². The second-order valence-electron chi connectivity index (χ2n) is 4.10. The van der Waals surface area contributed by atoms with E-state index in [-0.39, 0.29) is 12.0 Å². The summed E-state index contributed by atoms with van der Waals surface area (Å²) in [5.74, 6) is 0.213. The lowest BCUT2D eigenvalue weighted by molar-refractivity contribution is 0.921. The molecule has 19 heavy (non-hydrogen) atoms. The van der Waals surface area contributed by atoms with Crippen LogP contribution in [0.3, 0.4) is 0 Å². The van der Waals surface area contributed by atoms with Crippen LogP contribution in [-0.2, 0) is 10.2 Å². The molecule has 1 aromatic carbocycles. The van der Waals surface area contributed by atoms with Crippen molar-refractivity contribution >= 4 is 51.5 Å². The largest absolute Gasteiger partial charge is 0.261 e.